The van der Waals surface area contributed by atoms with Crippen molar-refractivity contribution in [3.63, 3.8) is 0 Å². The molecular weight excluding hydrogens is 1070 g/mol. The molecule has 3 atom stereocenters. The maximum atomic E-state index is 13.6. The lowest BCUT2D eigenvalue weighted by Crippen LogP contribution is -2.47. The van der Waals surface area contributed by atoms with Gasteiger partial charge in [0, 0.05) is 12.8 Å². The molecule has 0 heterocycles. The maximum Gasteiger partial charge on any atom is 0.306 e. The highest BCUT2D eigenvalue weighted by Gasteiger charge is 2.27. The SMILES string of the molecule is CCCCCCCC/C=C/CCCCCCCCCCCCCCCCCCCC(=O)NC(COP(=O)([O-])OCC[N+](C)(C)C)C(/C=C\CCCCCCCCCCCCC)OC(=O)CCCCCCCCCCCCCCCCCCCCC. The fourth-order valence-corrected chi connectivity index (χ4v) is 12.3. The number of rotatable bonds is 70. The average Bonchev–Trinajstić information content (AvgIpc) is 3.53. The topological polar surface area (TPSA) is 114 Å². The van der Waals surface area contributed by atoms with Crippen molar-refractivity contribution >= 4 is 19.7 Å². The molecule has 0 aliphatic heterocycles. The van der Waals surface area contributed by atoms with E-state index in [0.29, 0.717) is 17.4 Å². The number of amides is 1. The number of nitrogens with zero attached hydrogens (tertiary/aromatic N) is 1. The van der Waals surface area contributed by atoms with Gasteiger partial charge in [0.2, 0.25) is 5.91 Å². The third-order valence-corrected chi connectivity index (χ3v) is 18.3. The van der Waals surface area contributed by atoms with Gasteiger partial charge in [-0.15, -0.1) is 0 Å². The molecule has 504 valence electrons. The van der Waals surface area contributed by atoms with Crippen LogP contribution in [0.4, 0.5) is 0 Å². The van der Waals surface area contributed by atoms with E-state index in [1.54, 1.807) is 0 Å². The van der Waals surface area contributed by atoms with Crippen molar-refractivity contribution in [3.8, 4) is 0 Å². The van der Waals surface area contributed by atoms with Crippen molar-refractivity contribution in [2.75, 3.05) is 40.9 Å². The van der Waals surface area contributed by atoms with Crippen LogP contribution in [-0.2, 0) is 27.9 Å². The van der Waals surface area contributed by atoms with Crippen LogP contribution >= 0.6 is 7.82 Å². The zero-order valence-electron chi connectivity index (χ0n) is 57.8. The fraction of sp³-hybridized carbons (Fsp3) is 0.920. The summed E-state index contributed by atoms with van der Waals surface area (Å²) < 4.78 is 30.5. The van der Waals surface area contributed by atoms with E-state index < -0.39 is 20.0 Å². The van der Waals surface area contributed by atoms with Crippen LogP contribution in [0.25, 0.3) is 0 Å². The molecule has 0 saturated heterocycles. The standard InChI is InChI=1S/C75H147N2O7P/c1-7-10-13-16-19-22-25-28-30-32-34-35-36-37-38-39-40-41-43-44-46-49-52-55-58-61-64-67-74(78)76-72(71-83-85(80,81)82-70-69-77(4,5)6)73(66-63-60-57-54-51-48-27-24-21-18-15-12-9-3)84-75(79)68-65-62-59-56-53-50-47-45-42-33-31-29-26-23-20-17-14-11-8-2/h28,30,63,66,72-73H,7-27,29,31-62,64-65,67-71H2,1-6H3,(H-,76,78,80,81)/b30-28+,66-63-. The summed E-state index contributed by atoms with van der Waals surface area (Å²) in [5.74, 6) is -0.514. The van der Waals surface area contributed by atoms with E-state index in [-0.39, 0.29) is 31.5 Å². The Labute approximate surface area is 530 Å². The third-order valence-electron chi connectivity index (χ3n) is 17.4. The average molecular weight is 1220 g/mol. The molecule has 0 rings (SSSR count). The minimum Gasteiger partial charge on any atom is -0.756 e. The number of unbranched alkanes of at least 4 members (excludes halogenated alkanes) is 52. The molecule has 0 fully saturated rings. The zero-order chi connectivity index (χ0) is 62.1. The maximum absolute atomic E-state index is 13.6. The molecule has 0 aromatic rings. The number of allylic oxidation sites excluding steroid dienone is 3. The predicted octanol–water partition coefficient (Wildman–Crippen LogP) is 23.4. The normalized spacial score (nSPS) is 13.5. The molecule has 0 spiro atoms. The van der Waals surface area contributed by atoms with Crippen LogP contribution in [0.3, 0.4) is 0 Å². The lowest BCUT2D eigenvalue weighted by atomic mass is 10.0. The number of esters is 1. The second kappa shape index (κ2) is 65.4. The number of phosphoric acid groups is 1. The molecular formula is C75H147N2O7P. The summed E-state index contributed by atoms with van der Waals surface area (Å²) in [6.45, 7) is 6.92. The number of hydrogen-bond acceptors (Lipinski definition) is 7. The lowest BCUT2D eigenvalue weighted by molar-refractivity contribution is -0.870. The van der Waals surface area contributed by atoms with Gasteiger partial charge in [-0.2, -0.15) is 0 Å². The minimum atomic E-state index is -4.70. The third kappa shape index (κ3) is 66.7. The molecule has 0 bridgehead atoms. The van der Waals surface area contributed by atoms with Crippen LogP contribution in [0.1, 0.15) is 393 Å². The quantitative estimate of drug-likeness (QED) is 0.0212. The number of quaternary nitrogens is 1. The van der Waals surface area contributed by atoms with Gasteiger partial charge in [-0.3, -0.25) is 14.2 Å². The molecule has 0 aromatic heterocycles. The smallest absolute Gasteiger partial charge is 0.306 e. The predicted molar refractivity (Wildman–Crippen MR) is 367 cm³/mol. The van der Waals surface area contributed by atoms with Crippen LogP contribution in [0, 0.1) is 0 Å². The van der Waals surface area contributed by atoms with E-state index in [9.17, 15) is 19.0 Å². The minimum absolute atomic E-state index is 0.0175. The summed E-state index contributed by atoms with van der Waals surface area (Å²) in [5, 5.41) is 3.06. The van der Waals surface area contributed by atoms with Gasteiger partial charge in [-0.1, -0.05) is 347 Å². The van der Waals surface area contributed by atoms with Gasteiger partial charge < -0.3 is 28.5 Å². The number of carbonyl (C=O) groups excluding carboxylic acids is 2. The Bertz CT molecular complexity index is 1500. The number of phosphoric ester groups is 1. The lowest BCUT2D eigenvalue weighted by Gasteiger charge is -2.30. The van der Waals surface area contributed by atoms with Crippen LogP contribution in [0.2, 0.25) is 0 Å². The van der Waals surface area contributed by atoms with Gasteiger partial charge in [0.15, 0.2) is 0 Å². The summed E-state index contributed by atoms with van der Waals surface area (Å²) >= 11 is 0. The summed E-state index contributed by atoms with van der Waals surface area (Å²) in [4.78, 5) is 40.2. The fourth-order valence-electron chi connectivity index (χ4n) is 11.6. The number of nitrogens with one attached hydrogen (secondary N) is 1. The summed E-state index contributed by atoms with van der Waals surface area (Å²) in [5.41, 5.74) is 0. The van der Waals surface area contributed by atoms with Gasteiger partial charge in [0.05, 0.1) is 33.8 Å². The van der Waals surface area contributed by atoms with Crippen molar-refractivity contribution in [1.29, 1.82) is 0 Å². The monoisotopic (exact) mass is 1220 g/mol. The molecule has 0 aliphatic rings. The van der Waals surface area contributed by atoms with Gasteiger partial charge in [0.25, 0.3) is 7.82 Å². The number of ether oxygens (including phenoxy) is 1. The number of likely N-dealkylation sites (N-methyl/N-ethyl adjacent to an activating group) is 1. The highest BCUT2D eigenvalue weighted by Crippen LogP contribution is 2.38. The van der Waals surface area contributed by atoms with Gasteiger partial charge in [-0.05, 0) is 57.4 Å². The van der Waals surface area contributed by atoms with E-state index in [0.717, 1.165) is 57.8 Å². The van der Waals surface area contributed by atoms with E-state index >= 15 is 0 Å². The Morgan fingerprint density at radius 1 is 0.400 bits per heavy atom. The van der Waals surface area contributed by atoms with Crippen LogP contribution in [-0.4, -0.2) is 69.4 Å². The largest absolute Gasteiger partial charge is 0.756 e. The highest BCUT2D eigenvalue weighted by atomic mass is 31.2. The molecule has 1 amide bonds. The number of hydrogen-bond donors (Lipinski definition) is 1. The van der Waals surface area contributed by atoms with Crippen LogP contribution in [0.15, 0.2) is 24.3 Å². The van der Waals surface area contributed by atoms with E-state index in [1.807, 2.05) is 33.3 Å². The Morgan fingerprint density at radius 2 is 0.682 bits per heavy atom. The van der Waals surface area contributed by atoms with Gasteiger partial charge in [-0.25, -0.2) is 0 Å². The van der Waals surface area contributed by atoms with Crippen molar-refractivity contribution in [2.45, 2.75) is 405 Å². The molecule has 1 N–H and O–H groups in total. The van der Waals surface area contributed by atoms with Crippen LogP contribution in [0.5, 0.6) is 0 Å². The summed E-state index contributed by atoms with van der Waals surface area (Å²) in [6.07, 6.45) is 80.2. The molecule has 85 heavy (non-hydrogen) atoms. The van der Waals surface area contributed by atoms with Crippen molar-refractivity contribution < 1.29 is 37.3 Å². The van der Waals surface area contributed by atoms with Gasteiger partial charge in [0.1, 0.15) is 19.3 Å². The Hall–Kier alpha value is -1.51. The van der Waals surface area contributed by atoms with Crippen LogP contribution < -0.4 is 10.2 Å². The van der Waals surface area contributed by atoms with Crippen molar-refractivity contribution in [2.24, 2.45) is 0 Å². The molecule has 0 aliphatic carbocycles. The summed E-state index contributed by atoms with van der Waals surface area (Å²) in [6, 6.07) is -0.883. The Balaban J connectivity index is 4.97. The second-order valence-corrected chi connectivity index (χ2v) is 28.6. The first-order chi connectivity index (χ1) is 41.4. The van der Waals surface area contributed by atoms with Gasteiger partial charge >= 0.3 is 5.97 Å². The molecule has 0 aromatic carbocycles. The first-order valence-electron chi connectivity index (χ1n) is 37.6. The van der Waals surface area contributed by atoms with E-state index in [2.05, 4.69) is 38.2 Å². The van der Waals surface area contributed by atoms with Crippen molar-refractivity contribution in [1.82, 2.24) is 5.32 Å². The molecule has 0 saturated carbocycles. The summed E-state index contributed by atoms with van der Waals surface area (Å²) in [7, 11) is 1.21. The van der Waals surface area contributed by atoms with Crippen molar-refractivity contribution in [3.05, 3.63) is 24.3 Å². The zero-order valence-corrected chi connectivity index (χ0v) is 58.7. The van der Waals surface area contributed by atoms with E-state index in [1.165, 1.54) is 302 Å². The Morgan fingerprint density at radius 3 is 1.00 bits per heavy atom. The molecule has 10 heteroatoms. The second-order valence-electron chi connectivity index (χ2n) is 27.2. The molecule has 0 radical (unpaired) electrons. The Kier molecular flexibility index (Phi) is 64.3. The van der Waals surface area contributed by atoms with E-state index in [4.69, 9.17) is 13.8 Å². The molecule has 9 nitrogen and oxygen atoms in total. The first-order valence-corrected chi connectivity index (χ1v) is 39.1. The first kappa shape index (κ1) is 83.5. The highest BCUT2D eigenvalue weighted by molar-refractivity contribution is 7.45. The molecule has 3 unspecified atom stereocenters. The number of carbonyl (C=O) groups is 2.